The minimum Gasteiger partial charge on any atom is -0.348 e. The first-order valence-corrected chi connectivity index (χ1v) is 10.6. The van der Waals surface area contributed by atoms with Crippen molar-refractivity contribution in [2.24, 2.45) is 0 Å². The molecule has 1 saturated carbocycles. The lowest BCUT2D eigenvalue weighted by molar-refractivity contribution is 0.0646. The van der Waals surface area contributed by atoms with E-state index in [-0.39, 0.29) is 17.5 Å². The highest BCUT2D eigenvalue weighted by Crippen LogP contribution is 2.41. The molecule has 0 spiro atoms. The van der Waals surface area contributed by atoms with E-state index < -0.39 is 0 Å². The van der Waals surface area contributed by atoms with Crippen molar-refractivity contribution in [3.8, 4) is 0 Å². The predicted molar refractivity (Wildman–Crippen MR) is 113 cm³/mol. The highest BCUT2D eigenvalue weighted by Gasteiger charge is 2.34. The second-order valence-electron chi connectivity index (χ2n) is 9.54. The van der Waals surface area contributed by atoms with Crippen molar-refractivity contribution < 1.29 is 4.79 Å². The minimum absolute atomic E-state index is 0.0526. The van der Waals surface area contributed by atoms with Gasteiger partial charge in [0.2, 0.25) is 0 Å². The molecule has 3 aromatic heterocycles. The first kappa shape index (κ1) is 18.4. The second kappa shape index (κ2) is 6.18. The fourth-order valence-electron chi connectivity index (χ4n) is 4.54. The molecule has 6 nitrogen and oxygen atoms in total. The lowest BCUT2D eigenvalue weighted by Gasteiger charge is -2.35. The average molecular weight is 392 g/mol. The Balaban J connectivity index is 1.66. The van der Waals surface area contributed by atoms with Gasteiger partial charge in [-0.25, -0.2) is 9.67 Å². The first-order chi connectivity index (χ1) is 13.8. The summed E-state index contributed by atoms with van der Waals surface area (Å²) in [6.45, 7) is 12.1. The number of fused-ring (bicyclic) bond motifs is 2. The number of nitrogens with zero attached hydrogens (tertiary/aromatic N) is 5. The number of pyridine rings is 1. The summed E-state index contributed by atoms with van der Waals surface area (Å²) in [7, 11) is 0. The van der Waals surface area contributed by atoms with Gasteiger partial charge in [0.05, 0.1) is 28.2 Å². The lowest BCUT2D eigenvalue weighted by Crippen LogP contribution is -2.40. The third-order valence-electron chi connectivity index (χ3n) is 6.30. The molecule has 0 aromatic carbocycles. The van der Waals surface area contributed by atoms with Crippen LogP contribution in [0.1, 0.15) is 79.9 Å². The zero-order chi connectivity index (χ0) is 20.5. The molecular weight excluding hydrogens is 362 g/mol. The van der Waals surface area contributed by atoms with Crippen molar-refractivity contribution in [2.45, 2.75) is 71.5 Å². The molecule has 29 heavy (non-hydrogen) atoms. The number of aryl methyl sites for hydroxylation is 1. The monoisotopic (exact) mass is 391 g/mol. The molecular formula is C23H29N5O. The third-order valence-corrected chi connectivity index (χ3v) is 6.30. The van der Waals surface area contributed by atoms with E-state index >= 15 is 0 Å². The molecule has 1 amide bonds. The van der Waals surface area contributed by atoms with Crippen molar-refractivity contribution in [1.29, 1.82) is 0 Å². The molecule has 1 atom stereocenters. The fourth-order valence-corrected chi connectivity index (χ4v) is 4.54. The van der Waals surface area contributed by atoms with Crippen LogP contribution in [0, 0.1) is 6.92 Å². The molecule has 1 fully saturated rings. The van der Waals surface area contributed by atoms with Gasteiger partial charge in [0.15, 0.2) is 5.65 Å². The summed E-state index contributed by atoms with van der Waals surface area (Å²) in [5, 5.41) is 5.70. The van der Waals surface area contributed by atoms with Crippen LogP contribution in [0.25, 0.3) is 11.0 Å². The molecule has 1 unspecified atom stereocenters. The number of aromatic nitrogens is 4. The van der Waals surface area contributed by atoms with Gasteiger partial charge >= 0.3 is 0 Å². The van der Waals surface area contributed by atoms with Crippen molar-refractivity contribution in [1.82, 2.24) is 24.2 Å². The molecule has 1 aliphatic carbocycles. The first-order valence-electron chi connectivity index (χ1n) is 10.6. The van der Waals surface area contributed by atoms with Gasteiger partial charge in [0, 0.05) is 36.6 Å². The number of amides is 1. The standard InChI is InChI=1S/C23H29N5O/c1-14-20-17(22(29)27-12-11-26-10-6-7-19(26)15(27)2)13-18(16-8-9-16)24-21(20)28(25-14)23(3,4)5/h6-7,10,13,15-16H,8-9,11-12H2,1-5H3. The maximum absolute atomic E-state index is 13.8. The van der Waals surface area contributed by atoms with E-state index in [1.54, 1.807) is 0 Å². The van der Waals surface area contributed by atoms with Crippen LogP contribution in [0.2, 0.25) is 0 Å². The van der Waals surface area contributed by atoms with Gasteiger partial charge in [-0.15, -0.1) is 0 Å². The van der Waals surface area contributed by atoms with Gasteiger partial charge in [0.1, 0.15) is 0 Å². The van der Waals surface area contributed by atoms with E-state index in [1.165, 1.54) is 5.69 Å². The van der Waals surface area contributed by atoms with Crippen molar-refractivity contribution in [3.05, 3.63) is 47.0 Å². The van der Waals surface area contributed by atoms with E-state index in [1.807, 2.05) is 22.6 Å². The summed E-state index contributed by atoms with van der Waals surface area (Å²) in [6, 6.07) is 6.28. The summed E-state index contributed by atoms with van der Waals surface area (Å²) in [5.74, 6) is 0.571. The molecule has 2 aliphatic rings. The Bertz CT molecular complexity index is 1110. The summed E-state index contributed by atoms with van der Waals surface area (Å²) in [5.41, 5.74) is 4.52. The topological polar surface area (TPSA) is 56.0 Å². The van der Waals surface area contributed by atoms with E-state index in [9.17, 15) is 4.79 Å². The minimum atomic E-state index is -0.193. The number of hydrogen-bond donors (Lipinski definition) is 0. The Morgan fingerprint density at radius 2 is 1.97 bits per heavy atom. The summed E-state index contributed by atoms with van der Waals surface area (Å²) >= 11 is 0. The summed E-state index contributed by atoms with van der Waals surface area (Å²) in [4.78, 5) is 20.8. The Morgan fingerprint density at radius 3 is 2.66 bits per heavy atom. The smallest absolute Gasteiger partial charge is 0.255 e. The SMILES string of the molecule is Cc1nn(C(C)(C)C)c2nc(C3CC3)cc(C(=O)N3CCn4cccc4C3C)c12. The van der Waals surface area contributed by atoms with Crippen molar-refractivity contribution >= 4 is 16.9 Å². The molecule has 0 saturated heterocycles. The van der Waals surface area contributed by atoms with Gasteiger partial charge in [-0.1, -0.05) is 0 Å². The predicted octanol–water partition coefficient (Wildman–Crippen LogP) is 4.39. The Kier molecular flexibility index (Phi) is 3.92. The normalized spacial score (nSPS) is 19.6. The van der Waals surface area contributed by atoms with Crippen LogP contribution in [0.3, 0.4) is 0 Å². The van der Waals surface area contributed by atoms with E-state index in [0.717, 1.165) is 53.9 Å². The molecule has 4 heterocycles. The lowest BCUT2D eigenvalue weighted by atomic mass is 10.0. The van der Waals surface area contributed by atoms with Crippen LogP contribution in [-0.4, -0.2) is 36.7 Å². The zero-order valence-electron chi connectivity index (χ0n) is 17.9. The summed E-state index contributed by atoms with van der Waals surface area (Å²) < 4.78 is 4.24. The second-order valence-corrected chi connectivity index (χ2v) is 9.54. The Labute approximate surface area is 171 Å². The molecule has 3 aromatic rings. The van der Waals surface area contributed by atoms with Crippen LogP contribution in [0.15, 0.2) is 24.4 Å². The van der Waals surface area contributed by atoms with Gasteiger partial charge in [-0.05, 0) is 65.7 Å². The Hall–Kier alpha value is -2.63. The average Bonchev–Trinajstić information content (AvgIpc) is 3.30. The highest BCUT2D eigenvalue weighted by atomic mass is 16.2. The van der Waals surface area contributed by atoms with Crippen LogP contribution < -0.4 is 0 Å². The van der Waals surface area contributed by atoms with Crippen LogP contribution in [0.4, 0.5) is 0 Å². The molecule has 0 radical (unpaired) electrons. The molecule has 5 rings (SSSR count). The molecule has 152 valence electrons. The van der Waals surface area contributed by atoms with Crippen LogP contribution >= 0.6 is 0 Å². The van der Waals surface area contributed by atoms with Gasteiger partial charge in [0.25, 0.3) is 5.91 Å². The summed E-state index contributed by atoms with van der Waals surface area (Å²) in [6.07, 6.45) is 4.41. The van der Waals surface area contributed by atoms with Gasteiger partial charge in [-0.3, -0.25) is 4.79 Å². The van der Waals surface area contributed by atoms with E-state index in [4.69, 9.17) is 10.1 Å². The van der Waals surface area contributed by atoms with Gasteiger partial charge < -0.3 is 9.47 Å². The van der Waals surface area contributed by atoms with E-state index in [0.29, 0.717) is 5.92 Å². The van der Waals surface area contributed by atoms with Gasteiger partial charge in [-0.2, -0.15) is 5.10 Å². The fraction of sp³-hybridized carbons (Fsp3) is 0.522. The Morgan fingerprint density at radius 1 is 1.21 bits per heavy atom. The third kappa shape index (κ3) is 2.88. The number of carbonyl (C=O) groups is 1. The van der Waals surface area contributed by atoms with Crippen molar-refractivity contribution in [3.63, 3.8) is 0 Å². The number of hydrogen-bond acceptors (Lipinski definition) is 3. The van der Waals surface area contributed by atoms with E-state index in [2.05, 4.69) is 50.6 Å². The molecule has 6 heteroatoms. The van der Waals surface area contributed by atoms with Crippen LogP contribution in [0.5, 0.6) is 0 Å². The number of carbonyl (C=O) groups excluding carboxylic acids is 1. The van der Waals surface area contributed by atoms with Crippen molar-refractivity contribution in [2.75, 3.05) is 6.54 Å². The quantitative estimate of drug-likeness (QED) is 0.651. The zero-order valence-corrected chi connectivity index (χ0v) is 17.9. The largest absolute Gasteiger partial charge is 0.348 e. The maximum Gasteiger partial charge on any atom is 0.255 e. The maximum atomic E-state index is 13.8. The number of rotatable bonds is 2. The highest BCUT2D eigenvalue weighted by molar-refractivity contribution is 6.06. The van der Waals surface area contributed by atoms with Crippen LogP contribution in [-0.2, 0) is 12.1 Å². The molecule has 0 bridgehead atoms. The molecule has 1 aliphatic heterocycles. The molecule has 0 N–H and O–H groups in total.